The first-order valence-electron chi connectivity index (χ1n) is 6.73. The van der Waals surface area contributed by atoms with Crippen LogP contribution in [0.15, 0.2) is 18.3 Å². The molecule has 20 heavy (non-hydrogen) atoms. The van der Waals surface area contributed by atoms with Crippen LogP contribution in [0.4, 0.5) is 5.82 Å². The van der Waals surface area contributed by atoms with Crippen molar-refractivity contribution < 1.29 is 0 Å². The average molecular weight is 274 g/mol. The van der Waals surface area contributed by atoms with Crippen molar-refractivity contribution in [2.45, 2.75) is 46.0 Å². The van der Waals surface area contributed by atoms with Crippen LogP contribution in [0, 0.1) is 0 Å². The standard InChI is InChI=1S/C14H22N6/c1-9(2)10-6-7-20(19-10)12-8-11(18-15)16-13(17-12)14(3,4)5/h6-9H,15H2,1-5H3,(H,16,17,18). The lowest BCUT2D eigenvalue weighted by Crippen LogP contribution is -2.20. The Morgan fingerprint density at radius 2 is 1.95 bits per heavy atom. The van der Waals surface area contributed by atoms with Crippen molar-refractivity contribution >= 4 is 5.82 Å². The second kappa shape index (κ2) is 5.20. The van der Waals surface area contributed by atoms with Crippen molar-refractivity contribution in [1.29, 1.82) is 0 Å². The van der Waals surface area contributed by atoms with E-state index in [0.29, 0.717) is 17.6 Å². The number of nitrogens with two attached hydrogens (primary N) is 1. The molecule has 6 heteroatoms. The van der Waals surface area contributed by atoms with E-state index in [9.17, 15) is 0 Å². The number of anilines is 1. The van der Waals surface area contributed by atoms with E-state index in [4.69, 9.17) is 5.84 Å². The molecule has 2 heterocycles. The molecule has 0 saturated carbocycles. The second-order valence-electron chi connectivity index (χ2n) is 6.17. The molecule has 0 fully saturated rings. The molecule has 0 aliphatic heterocycles. The summed E-state index contributed by atoms with van der Waals surface area (Å²) in [6.45, 7) is 10.4. The lowest BCUT2D eigenvalue weighted by molar-refractivity contribution is 0.542. The number of hydrogen-bond donors (Lipinski definition) is 2. The molecular formula is C14H22N6. The van der Waals surface area contributed by atoms with Crippen LogP contribution in [-0.4, -0.2) is 19.7 Å². The van der Waals surface area contributed by atoms with E-state index in [1.54, 1.807) is 10.7 Å². The molecule has 0 spiro atoms. The fourth-order valence-electron chi connectivity index (χ4n) is 1.73. The van der Waals surface area contributed by atoms with Crippen molar-refractivity contribution in [2.75, 3.05) is 5.43 Å². The molecule has 0 unspecified atom stereocenters. The predicted molar refractivity (Wildman–Crippen MR) is 79.8 cm³/mol. The van der Waals surface area contributed by atoms with E-state index in [1.165, 1.54) is 0 Å². The minimum atomic E-state index is -0.157. The van der Waals surface area contributed by atoms with Gasteiger partial charge in [-0.3, -0.25) is 0 Å². The summed E-state index contributed by atoms with van der Waals surface area (Å²) in [7, 11) is 0. The van der Waals surface area contributed by atoms with Crippen LogP contribution in [0.3, 0.4) is 0 Å². The van der Waals surface area contributed by atoms with Gasteiger partial charge in [-0.05, 0) is 12.0 Å². The van der Waals surface area contributed by atoms with Gasteiger partial charge < -0.3 is 5.43 Å². The third-order valence-corrected chi connectivity index (χ3v) is 2.97. The van der Waals surface area contributed by atoms with Crippen molar-refractivity contribution in [2.24, 2.45) is 5.84 Å². The summed E-state index contributed by atoms with van der Waals surface area (Å²) in [6.07, 6.45) is 1.91. The Balaban J connectivity index is 2.49. The van der Waals surface area contributed by atoms with Crippen LogP contribution < -0.4 is 11.3 Å². The highest BCUT2D eigenvalue weighted by atomic mass is 15.3. The smallest absolute Gasteiger partial charge is 0.159 e. The zero-order chi connectivity index (χ0) is 14.9. The first-order valence-corrected chi connectivity index (χ1v) is 6.73. The molecule has 0 saturated heterocycles. The van der Waals surface area contributed by atoms with E-state index >= 15 is 0 Å². The number of aromatic nitrogens is 4. The summed E-state index contributed by atoms with van der Waals surface area (Å²) in [6, 6.07) is 3.78. The summed E-state index contributed by atoms with van der Waals surface area (Å²) < 4.78 is 1.76. The van der Waals surface area contributed by atoms with Crippen molar-refractivity contribution in [3.8, 4) is 5.82 Å². The zero-order valence-corrected chi connectivity index (χ0v) is 12.7. The normalized spacial score (nSPS) is 11.9. The van der Waals surface area contributed by atoms with E-state index in [-0.39, 0.29) is 5.41 Å². The van der Waals surface area contributed by atoms with Crippen molar-refractivity contribution in [3.05, 3.63) is 29.8 Å². The largest absolute Gasteiger partial charge is 0.308 e. The summed E-state index contributed by atoms with van der Waals surface area (Å²) in [5, 5.41) is 4.54. The molecule has 0 aliphatic rings. The molecule has 108 valence electrons. The van der Waals surface area contributed by atoms with Crippen LogP contribution in [0.5, 0.6) is 0 Å². The quantitative estimate of drug-likeness (QED) is 0.663. The van der Waals surface area contributed by atoms with Gasteiger partial charge in [0.2, 0.25) is 0 Å². The van der Waals surface area contributed by atoms with Crippen molar-refractivity contribution in [1.82, 2.24) is 19.7 Å². The fraction of sp³-hybridized carbons (Fsp3) is 0.500. The van der Waals surface area contributed by atoms with E-state index in [2.05, 4.69) is 55.1 Å². The number of nitrogens with one attached hydrogen (secondary N) is 1. The van der Waals surface area contributed by atoms with Crippen LogP contribution >= 0.6 is 0 Å². The van der Waals surface area contributed by atoms with Crippen LogP contribution in [0.25, 0.3) is 5.82 Å². The van der Waals surface area contributed by atoms with Gasteiger partial charge >= 0.3 is 0 Å². The van der Waals surface area contributed by atoms with Gasteiger partial charge in [-0.2, -0.15) is 5.10 Å². The number of nitrogens with zero attached hydrogens (tertiary/aromatic N) is 4. The van der Waals surface area contributed by atoms with Crippen LogP contribution in [-0.2, 0) is 5.41 Å². The number of hydrazine groups is 1. The highest BCUT2D eigenvalue weighted by molar-refractivity contribution is 5.41. The third-order valence-electron chi connectivity index (χ3n) is 2.97. The maximum atomic E-state index is 5.49. The molecule has 0 aliphatic carbocycles. The Bertz CT molecular complexity index is 594. The first-order chi connectivity index (χ1) is 9.31. The minimum Gasteiger partial charge on any atom is -0.308 e. The topological polar surface area (TPSA) is 81.7 Å². The summed E-state index contributed by atoms with van der Waals surface area (Å²) in [4.78, 5) is 8.99. The van der Waals surface area contributed by atoms with Gasteiger partial charge in [-0.1, -0.05) is 34.6 Å². The van der Waals surface area contributed by atoms with Gasteiger partial charge in [0.1, 0.15) is 11.6 Å². The molecule has 0 aromatic carbocycles. The summed E-state index contributed by atoms with van der Waals surface area (Å²) in [5.41, 5.74) is 3.46. The lowest BCUT2D eigenvalue weighted by Gasteiger charge is -2.18. The molecule has 2 aromatic rings. The molecule has 0 amide bonds. The second-order valence-corrected chi connectivity index (χ2v) is 6.17. The highest BCUT2D eigenvalue weighted by Gasteiger charge is 2.19. The highest BCUT2D eigenvalue weighted by Crippen LogP contribution is 2.22. The molecule has 6 nitrogen and oxygen atoms in total. The first kappa shape index (κ1) is 14.5. The van der Waals surface area contributed by atoms with Crippen molar-refractivity contribution in [3.63, 3.8) is 0 Å². The van der Waals surface area contributed by atoms with Gasteiger partial charge in [0, 0.05) is 17.7 Å². The number of hydrogen-bond acceptors (Lipinski definition) is 5. The molecule has 0 bridgehead atoms. The third kappa shape index (κ3) is 2.96. The molecular weight excluding hydrogens is 252 g/mol. The van der Waals surface area contributed by atoms with Gasteiger partial charge in [0.05, 0.1) is 5.69 Å². The van der Waals surface area contributed by atoms with E-state index in [0.717, 1.165) is 11.5 Å². The Hall–Kier alpha value is -1.95. The van der Waals surface area contributed by atoms with E-state index in [1.807, 2.05) is 12.3 Å². The molecule has 0 atom stereocenters. The Morgan fingerprint density at radius 3 is 2.45 bits per heavy atom. The van der Waals surface area contributed by atoms with Gasteiger partial charge in [0.25, 0.3) is 0 Å². The number of nitrogen functional groups attached to an aromatic ring is 1. The predicted octanol–water partition coefficient (Wildman–Crippen LogP) is 2.37. The number of rotatable bonds is 3. The fourth-order valence-corrected chi connectivity index (χ4v) is 1.73. The molecule has 3 N–H and O–H groups in total. The summed E-state index contributed by atoms with van der Waals surface area (Å²) in [5.74, 6) is 7.90. The van der Waals surface area contributed by atoms with Gasteiger partial charge in [-0.25, -0.2) is 20.5 Å². The van der Waals surface area contributed by atoms with E-state index < -0.39 is 0 Å². The van der Waals surface area contributed by atoms with Crippen LogP contribution in [0.2, 0.25) is 0 Å². The summed E-state index contributed by atoms with van der Waals surface area (Å²) >= 11 is 0. The maximum Gasteiger partial charge on any atom is 0.159 e. The van der Waals surface area contributed by atoms with Gasteiger partial charge in [0.15, 0.2) is 5.82 Å². The van der Waals surface area contributed by atoms with Gasteiger partial charge in [-0.15, -0.1) is 0 Å². The molecule has 0 radical (unpaired) electrons. The van der Waals surface area contributed by atoms with Crippen LogP contribution in [0.1, 0.15) is 52.1 Å². The Labute approximate surface area is 119 Å². The molecule has 2 aromatic heterocycles. The maximum absolute atomic E-state index is 5.49. The Kier molecular flexibility index (Phi) is 3.76. The lowest BCUT2D eigenvalue weighted by atomic mass is 9.96. The SMILES string of the molecule is CC(C)c1ccn(-c2cc(NN)nc(C(C)(C)C)n2)n1. The minimum absolute atomic E-state index is 0.157. The monoisotopic (exact) mass is 274 g/mol. The molecule has 2 rings (SSSR count). The zero-order valence-electron chi connectivity index (χ0n) is 12.7. The Morgan fingerprint density at radius 1 is 1.25 bits per heavy atom. The average Bonchev–Trinajstić information content (AvgIpc) is 2.87.